The van der Waals surface area contributed by atoms with E-state index < -0.39 is 0 Å². The van der Waals surface area contributed by atoms with Crippen molar-refractivity contribution in [2.24, 2.45) is 0 Å². The molecule has 1 amide bonds. The largest absolute Gasteiger partial charge is 0.384 e. The number of pyridine rings is 1. The topological polar surface area (TPSA) is 71.2 Å². The van der Waals surface area contributed by atoms with E-state index in [1.54, 1.807) is 6.07 Å². The van der Waals surface area contributed by atoms with Crippen molar-refractivity contribution in [2.75, 3.05) is 32.9 Å². The fourth-order valence-electron chi connectivity index (χ4n) is 1.70. The number of anilines is 1. The molecule has 3 N–H and O–H groups in total. The molecule has 0 aliphatic heterocycles. The summed E-state index contributed by atoms with van der Waals surface area (Å²) in [4.78, 5) is 18.3. The number of nitrogens with two attached hydrogens (primary N) is 1. The molecule has 5 heteroatoms. The Morgan fingerprint density at radius 1 is 1.42 bits per heavy atom. The molecule has 1 rings (SSSR count). The van der Waals surface area contributed by atoms with E-state index in [-0.39, 0.29) is 11.8 Å². The molecule has 0 saturated carbocycles. The van der Waals surface area contributed by atoms with Gasteiger partial charge in [-0.1, -0.05) is 13.8 Å². The highest BCUT2D eigenvalue weighted by atomic mass is 16.1. The van der Waals surface area contributed by atoms with Crippen LogP contribution in [0.2, 0.25) is 0 Å². The molecule has 0 radical (unpaired) electrons. The van der Waals surface area contributed by atoms with Crippen molar-refractivity contribution < 1.29 is 4.79 Å². The zero-order chi connectivity index (χ0) is 14.4. The summed E-state index contributed by atoms with van der Waals surface area (Å²) < 4.78 is 0. The second kappa shape index (κ2) is 7.09. The molecule has 0 saturated heterocycles. The highest BCUT2D eigenvalue weighted by Gasteiger charge is 2.10. The van der Waals surface area contributed by atoms with Crippen LogP contribution in [0.4, 0.5) is 5.82 Å². The van der Waals surface area contributed by atoms with Crippen LogP contribution in [0.5, 0.6) is 0 Å². The molecule has 0 aromatic carbocycles. The van der Waals surface area contributed by atoms with Crippen LogP contribution in [0.1, 0.15) is 42.2 Å². The summed E-state index contributed by atoms with van der Waals surface area (Å²) in [5.74, 6) is 0.559. The average Bonchev–Trinajstić information content (AvgIpc) is 2.33. The van der Waals surface area contributed by atoms with E-state index in [1.807, 2.05) is 34.0 Å². The van der Waals surface area contributed by atoms with Gasteiger partial charge in [-0.15, -0.1) is 0 Å². The number of hydrogen-bond donors (Lipinski definition) is 2. The van der Waals surface area contributed by atoms with Crippen molar-refractivity contribution in [1.82, 2.24) is 15.2 Å². The predicted octanol–water partition coefficient (Wildman–Crippen LogP) is 1.47. The van der Waals surface area contributed by atoms with E-state index >= 15 is 0 Å². The lowest BCUT2D eigenvalue weighted by molar-refractivity contribution is 0.0952. The van der Waals surface area contributed by atoms with Crippen LogP contribution in [-0.4, -0.2) is 43.0 Å². The fourth-order valence-corrected chi connectivity index (χ4v) is 1.70. The Bertz CT molecular complexity index is 429. The third kappa shape index (κ3) is 5.26. The minimum atomic E-state index is -0.0882. The predicted molar refractivity (Wildman–Crippen MR) is 78.2 cm³/mol. The summed E-state index contributed by atoms with van der Waals surface area (Å²) in [6, 6.07) is 3.43. The molecule has 0 fully saturated rings. The number of nitrogens with zero attached hydrogens (tertiary/aromatic N) is 2. The molecule has 0 unspecified atom stereocenters. The Morgan fingerprint density at radius 2 is 2.11 bits per heavy atom. The molecule has 0 atom stereocenters. The van der Waals surface area contributed by atoms with Crippen LogP contribution in [0.3, 0.4) is 0 Å². The molecule has 1 aromatic rings. The van der Waals surface area contributed by atoms with Gasteiger partial charge < -0.3 is 16.0 Å². The number of nitrogen functional groups attached to an aromatic ring is 1. The van der Waals surface area contributed by atoms with Gasteiger partial charge in [0.05, 0.1) is 0 Å². The Hall–Kier alpha value is -1.62. The van der Waals surface area contributed by atoms with Gasteiger partial charge in [0.2, 0.25) is 0 Å². The minimum absolute atomic E-state index is 0.0882. The van der Waals surface area contributed by atoms with Gasteiger partial charge >= 0.3 is 0 Å². The first kappa shape index (κ1) is 15.4. The highest BCUT2D eigenvalue weighted by molar-refractivity contribution is 5.94. The molecule has 0 spiro atoms. The van der Waals surface area contributed by atoms with Gasteiger partial charge in [0.25, 0.3) is 5.91 Å². The quantitative estimate of drug-likeness (QED) is 0.763. The van der Waals surface area contributed by atoms with E-state index in [4.69, 9.17) is 5.73 Å². The maximum atomic E-state index is 12.0. The summed E-state index contributed by atoms with van der Waals surface area (Å²) in [6.45, 7) is 5.67. The van der Waals surface area contributed by atoms with E-state index in [0.717, 1.165) is 18.7 Å². The van der Waals surface area contributed by atoms with Crippen molar-refractivity contribution in [3.05, 3.63) is 23.4 Å². The van der Waals surface area contributed by atoms with E-state index in [2.05, 4.69) is 15.2 Å². The molecule has 19 heavy (non-hydrogen) atoms. The Kier molecular flexibility index (Phi) is 5.76. The number of amides is 1. The molecule has 0 bridgehead atoms. The molecule has 0 aliphatic carbocycles. The Balaban J connectivity index is 2.61. The van der Waals surface area contributed by atoms with Gasteiger partial charge in [0, 0.05) is 17.8 Å². The van der Waals surface area contributed by atoms with E-state index in [9.17, 15) is 4.79 Å². The third-order valence-corrected chi connectivity index (χ3v) is 2.79. The van der Waals surface area contributed by atoms with Crippen LogP contribution in [0.15, 0.2) is 12.1 Å². The van der Waals surface area contributed by atoms with Crippen molar-refractivity contribution in [2.45, 2.75) is 26.2 Å². The van der Waals surface area contributed by atoms with Crippen LogP contribution >= 0.6 is 0 Å². The first-order valence-corrected chi connectivity index (χ1v) is 6.60. The van der Waals surface area contributed by atoms with Gasteiger partial charge in [0.15, 0.2) is 0 Å². The molecule has 5 nitrogen and oxygen atoms in total. The number of rotatable bonds is 6. The molecular weight excluding hydrogens is 240 g/mol. The first-order chi connectivity index (χ1) is 8.90. The van der Waals surface area contributed by atoms with Gasteiger partial charge in [0.1, 0.15) is 5.82 Å². The molecular formula is C14H24N4O. The molecule has 1 heterocycles. The summed E-state index contributed by atoms with van der Waals surface area (Å²) in [7, 11) is 4.03. The lowest BCUT2D eigenvalue weighted by Gasteiger charge is -2.11. The summed E-state index contributed by atoms with van der Waals surface area (Å²) in [5, 5.41) is 2.90. The van der Waals surface area contributed by atoms with Crippen molar-refractivity contribution in [3.63, 3.8) is 0 Å². The summed E-state index contributed by atoms with van der Waals surface area (Å²) in [5.41, 5.74) is 7.16. The highest BCUT2D eigenvalue weighted by Crippen LogP contribution is 2.15. The van der Waals surface area contributed by atoms with Crippen molar-refractivity contribution in [3.8, 4) is 0 Å². The number of hydrogen-bond acceptors (Lipinski definition) is 4. The van der Waals surface area contributed by atoms with Crippen molar-refractivity contribution in [1.29, 1.82) is 0 Å². The summed E-state index contributed by atoms with van der Waals surface area (Å²) in [6.07, 6.45) is 0.927. The molecule has 0 aliphatic rings. The van der Waals surface area contributed by atoms with Crippen LogP contribution in [-0.2, 0) is 0 Å². The number of carbonyl (C=O) groups excluding carboxylic acids is 1. The maximum Gasteiger partial charge on any atom is 0.251 e. The molecule has 1 aromatic heterocycles. The van der Waals surface area contributed by atoms with Gasteiger partial charge in [-0.05, 0) is 45.1 Å². The Labute approximate surface area is 115 Å². The normalized spacial score (nSPS) is 11.1. The Morgan fingerprint density at radius 3 is 2.68 bits per heavy atom. The standard InChI is InChI=1S/C14H24N4O/c1-10(2)12-8-11(9-13(15)17-12)14(19)16-6-5-7-18(3)4/h8-10H,5-7H2,1-4H3,(H2,15,17)(H,16,19). The fraction of sp³-hybridized carbons (Fsp3) is 0.571. The average molecular weight is 264 g/mol. The van der Waals surface area contributed by atoms with E-state index in [1.165, 1.54) is 0 Å². The smallest absolute Gasteiger partial charge is 0.251 e. The SMILES string of the molecule is CC(C)c1cc(C(=O)NCCCN(C)C)cc(N)n1. The van der Waals surface area contributed by atoms with Crippen molar-refractivity contribution >= 4 is 11.7 Å². The molecule has 106 valence electrons. The number of aromatic nitrogens is 1. The lowest BCUT2D eigenvalue weighted by Crippen LogP contribution is -2.27. The first-order valence-electron chi connectivity index (χ1n) is 6.60. The second-order valence-electron chi connectivity index (χ2n) is 5.27. The van der Waals surface area contributed by atoms with E-state index in [0.29, 0.717) is 17.9 Å². The summed E-state index contributed by atoms with van der Waals surface area (Å²) >= 11 is 0. The number of nitrogens with one attached hydrogen (secondary N) is 1. The zero-order valence-corrected chi connectivity index (χ0v) is 12.2. The lowest BCUT2D eigenvalue weighted by atomic mass is 10.1. The van der Waals surface area contributed by atoms with Crippen LogP contribution < -0.4 is 11.1 Å². The van der Waals surface area contributed by atoms with Gasteiger partial charge in [-0.3, -0.25) is 4.79 Å². The third-order valence-electron chi connectivity index (χ3n) is 2.79. The van der Waals surface area contributed by atoms with Gasteiger partial charge in [-0.2, -0.15) is 0 Å². The van der Waals surface area contributed by atoms with Gasteiger partial charge in [-0.25, -0.2) is 4.98 Å². The maximum absolute atomic E-state index is 12.0. The number of carbonyl (C=O) groups is 1. The zero-order valence-electron chi connectivity index (χ0n) is 12.2. The minimum Gasteiger partial charge on any atom is -0.384 e. The second-order valence-corrected chi connectivity index (χ2v) is 5.27. The van der Waals surface area contributed by atoms with Crippen LogP contribution in [0.25, 0.3) is 0 Å². The monoisotopic (exact) mass is 264 g/mol. The van der Waals surface area contributed by atoms with Crippen LogP contribution in [0, 0.1) is 0 Å².